The fourth-order valence-electron chi connectivity index (χ4n) is 4.76. The highest BCUT2D eigenvalue weighted by Crippen LogP contribution is 2.43. The molecule has 0 spiro atoms. The van der Waals surface area contributed by atoms with Gasteiger partial charge in [-0.05, 0) is 25.8 Å². The predicted molar refractivity (Wildman–Crippen MR) is 142 cm³/mol. The Morgan fingerprint density at radius 2 is 1.74 bits per heavy atom. The van der Waals surface area contributed by atoms with Crippen LogP contribution in [0.4, 0.5) is 0 Å². The second-order valence-corrected chi connectivity index (χ2v) is 9.22. The van der Waals surface area contributed by atoms with Gasteiger partial charge in [-0.1, -0.05) is 48.0 Å². The highest BCUT2D eigenvalue weighted by atomic mass is 16.4. The minimum Gasteiger partial charge on any atom is -0.504 e. The lowest BCUT2D eigenvalue weighted by Gasteiger charge is -2.06. The van der Waals surface area contributed by atoms with Crippen molar-refractivity contribution in [2.45, 2.75) is 26.4 Å². The number of rotatable bonds is 8. The van der Waals surface area contributed by atoms with Crippen LogP contribution in [0, 0.1) is 0 Å². The number of carbonyl (C=O) groups excluding carboxylic acids is 1. The molecule has 2 aromatic carbocycles. The number of H-pyrrole nitrogens is 2. The minimum absolute atomic E-state index is 0.0484. The number of allylic oxidation sites excluding steroid dienone is 1. The summed E-state index contributed by atoms with van der Waals surface area (Å²) in [5.74, 6) is -3.75. The van der Waals surface area contributed by atoms with Gasteiger partial charge in [0.2, 0.25) is 17.3 Å². The van der Waals surface area contributed by atoms with Crippen molar-refractivity contribution in [1.82, 2.24) is 9.97 Å². The number of aliphatic hydroxyl groups is 2. The second kappa shape index (κ2) is 9.70. The zero-order valence-corrected chi connectivity index (χ0v) is 20.7. The number of hydrogen-bond donors (Lipinski definition) is 6. The van der Waals surface area contributed by atoms with Crippen molar-refractivity contribution in [3.8, 4) is 16.9 Å². The Balaban J connectivity index is 1.63. The van der Waals surface area contributed by atoms with Crippen LogP contribution in [0.2, 0.25) is 0 Å². The maximum absolute atomic E-state index is 13.6. The number of aromatic nitrogens is 2. The van der Waals surface area contributed by atoms with Crippen LogP contribution in [-0.2, 0) is 6.42 Å². The first-order chi connectivity index (χ1) is 18.2. The standard InChI is InChI=1S/C29H26N2O7/c1-14(13-32)9-10-16-5-3-7-19-21(12-30-23(16)19)25(34)28-26(35)22(27(38-28)29(36)37)20-11-31-24-17(15(2)33)6-4-8-18(20)24/h3-9,11-12,15,30-33,35H,10,13H2,1-2H3,(H,36,37)/b14-9+. The number of benzene rings is 2. The lowest BCUT2D eigenvalue weighted by molar-refractivity contribution is 0.0661. The number of fused-ring (bicyclic) bond motifs is 2. The number of hydrogen-bond acceptors (Lipinski definition) is 6. The van der Waals surface area contributed by atoms with Gasteiger partial charge in [-0.3, -0.25) is 4.79 Å². The van der Waals surface area contributed by atoms with E-state index in [1.165, 1.54) is 12.4 Å². The summed E-state index contributed by atoms with van der Waals surface area (Å²) in [7, 11) is 0. The van der Waals surface area contributed by atoms with Crippen molar-refractivity contribution in [2.24, 2.45) is 0 Å². The summed E-state index contributed by atoms with van der Waals surface area (Å²) in [6.45, 7) is 3.38. The van der Waals surface area contributed by atoms with Gasteiger partial charge in [0.25, 0.3) is 0 Å². The van der Waals surface area contributed by atoms with E-state index in [2.05, 4.69) is 9.97 Å². The third-order valence-corrected chi connectivity index (χ3v) is 6.72. The number of aromatic carboxylic acids is 1. The SMILES string of the molecule is C/C(=C\Cc1cccc2c(C(=O)c3oc(C(=O)O)c(-c4c[nH]c5c(C(C)O)cccc45)c3O)c[nH]c12)CO. The van der Waals surface area contributed by atoms with Crippen LogP contribution in [0.1, 0.15) is 57.8 Å². The van der Waals surface area contributed by atoms with Gasteiger partial charge in [-0.25, -0.2) is 4.79 Å². The number of carbonyl (C=O) groups is 2. The molecule has 9 heteroatoms. The Morgan fingerprint density at radius 3 is 2.45 bits per heavy atom. The van der Waals surface area contributed by atoms with Gasteiger partial charge in [0.05, 0.1) is 29.4 Å². The molecular formula is C29H26N2O7. The first kappa shape index (κ1) is 25.1. The highest BCUT2D eigenvalue weighted by Gasteiger charge is 2.32. The van der Waals surface area contributed by atoms with Crippen LogP contribution < -0.4 is 0 Å². The van der Waals surface area contributed by atoms with Crippen molar-refractivity contribution in [1.29, 1.82) is 0 Å². The zero-order valence-electron chi connectivity index (χ0n) is 20.7. The molecule has 1 atom stereocenters. The molecule has 0 aliphatic carbocycles. The average molecular weight is 515 g/mol. The van der Waals surface area contributed by atoms with Crippen LogP contribution in [0.5, 0.6) is 5.75 Å². The Labute approximate surface area is 216 Å². The number of aliphatic hydroxyl groups excluding tert-OH is 2. The molecule has 5 rings (SSSR count). The van der Waals surface area contributed by atoms with Gasteiger partial charge in [0.15, 0.2) is 5.75 Å². The van der Waals surface area contributed by atoms with Crippen molar-refractivity contribution in [2.75, 3.05) is 6.61 Å². The monoisotopic (exact) mass is 514 g/mol. The smallest absolute Gasteiger partial charge is 0.372 e. The fraction of sp³-hybridized carbons (Fsp3) is 0.172. The van der Waals surface area contributed by atoms with Gasteiger partial charge in [-0.2, -0.15) is 0 Å². The van der Waals surface area contributed by atoms with E-state index in [9.17, 15) is 30.0 Å². The number of furan rings is 1. The van der Waals surface area contributed by atoms with Crippen molar-refractivity contribution < 1.29 is 34.4 Å². The van der Waals surface area contributed by atoms with Gasteiger partial charge < -0.3 is 34.8 Å². The lowest BCUT2D eigenvalue weighted by atomic mass is 9.99. The molecule has 3 aromatic heterocycles. The molecule has 0 bridgehead atoms. The van der Waals surface area contributed by atoms with E-state index in [0.29, 0.717) is 39.4 Å². The Bertz CT molecular complexity index is 1730. The van der Waals surface area contributed by atoms with Crippen molar-refractivity contribution in [3.05, 3.63) is 88.7 Å². The molecule has 194 valence electrons. The van der Waals surface area contributed by atoms with Gasteiger partial charge in [-0.15, -0.1) is 0 Å². The lowest BCUT2D eigenvalue weighted by Crippen LogP contribution is -1.99. The van der Waals surface area contributed by atoms with E-state index < -0.39 is 35.1 Å². The summed E-state index contributed by atoms with van der Waals surface area (Å²) >= 11 is 0. The van der Waals surface area contributed by atoms with Crippen LogP contribution in [0.3, 0.4) is 0 Å². The molecular weight excluding hydrogens is 488 g/mol. The maximum atomic E-state index is 13.6. The Morgan fingerprint density at radius 1 is 1.03 bits per heavy atom. The fourth-order valence-corrected chi connectivity index (χ4v) is 4.76. The van der Waals surface area contributed by atoms with Crippen LogP contribution in [0.15, 0.2) is 64.9 Å². The van der Waals surface area contributed by atoms with E-state index in [-0.39, 0.29) is 17.7 Å². The number of ketones is 1. The molecule has 0 saturated carbocycles. The molecule has 5 aromatic rings. The second-order valence-electron chi connectivity index (χ2n) is 9.22. The third-order valence-electron chi connectivity index (χ3n) is 6.72. The van der Waals surface area contributed by atoms with Gasteiger partial charge in [0.1, 0.15) is 0 Å². The number of aromatic hydroxyl groups is 1. The summed E-state index contributed by atoms with van der Waals surface area (Å²) in [5.41, 5.74) is 4.03. The predicted octanol–water partition coefficient (Wildman–Crippen LogP) is 5.08. The number of para-hydroxylation sites is 2. The molecule has 0 amide bonds. The normalized spacial score (nSPS) is 12.9. The van der Waals surface area contributed by atoms with Crippen LogP contribution in [-0.4, -0.2) is 48.8 Å². The number of carboxylic acid groups (broad SMARTS) is 1. The van der Waals surface area contributed by atoms with Crippen molar-refractivity contribution >= 4 is 33.6 Å². The first-order valence-corrected chi connectivity index (χ1v) is 12.0. The third kappa shape index (κ3) is 4.07. The molecule has 0 fully saturated rings. The van der Waals surface area contributed by atoms with E-state index in [1.807, 2.05) is 19.1 Å². The Kier molecular flexibility index (Phi) is 6.40. The molecule has 0 radical (unpaired) electrons. The number of nitrogens with one attached hydrogen (secondary N) is 2. The molecule has 1 unspecified atom stereocenters. The van der Waals surface area contributed by atoms with E-state index in [4.69, 9.17) is 4.42 Å². The Hall–Kier alpha value is -4.60. The highest BCUT2D eigenvalue weighted by molar-refractivity contribution is 6.18. The summed E-state index contributed by atoms with van der Waals surface area (Å²) in [6.07, 6.45) is 4.66. The van der Waals surface area contributed by atoms with Gasteiger partial charge >= 0.3 is 5.97 Å². The summed E-state index contributed by atoms with van der Waals surface area (Å²) < 4.78 is 5.50. The average Bonchev–Trinajstić information content (AvgIpc) is 3.61. The largest absolute Gasteiger partial charge is 0.504 e. The topological polar surface area (TPSA) is 160 Å². The molecule has 3 heterocycles. The van der Waals surface area contributed by atoms with E-state index in [0.717, 1.165) is 11.1 Å². The summed E-state index contributed by atoms with van der Waals surface area (Å²) in [4.78, 5) is 31.8. The van der Waals surface area contributed by atoms with E-state index in [1.54, 1.807) is 37.3 Å². The summed E-state index contributed by atoms with van der Waals surface area (Å²) in [6, 6.07) is 10.6. The number of aromatic amines is 2. The molecule has 6 N–H and O–H groups in total. The maximum Gasteiger partial charge on any atom is 0.372 e. The molecule has 38 heavy (non-hydrogen) atoms. The molecule has 0 aliphatic rings. The van der Waals surface area contributed by atoms with Crippen molar-refractivity contribution in [3.63, 3.8) is 0 Å². The van der Waals surface area contributed by atoms with Gasteiger partial charge in [0, 0.05) is 39.8 Å². The van der Waals surface area contributed by atoms with Crippen LogP contribution >= 0.6 is 0 Å². The number of carboxylic acids is 1. The summed E-state index contributed by atoms with van der Waals surface area (Å²) in [5, 5.41) is 41.6. The molecule has 0 saturated heterocycles. The molecule has 0 aliphatic heterocycles. The zero-order chi connectivity index (χ0) is 27.1. The molecule has 9 nitrogen and oxygen atoms in total. The van der Waals surface area contributed by atoms with E-state index >= 15 is 0 Å². The minimum atomic E-state index is -1.44. The first-order valence-electron chi connectivity index (χ1n) is 12.0. The van der Waals surface area contributed by atoms with Crippen LogP contribution in [0.25, 0.3) is 32.9 Å². The quantitative estimate of drug-likeness (QED) is 0.124.